The lowest BCUT2D eigenvalue weighted by Gasteiger charge is -2.22. The molecule has 0 radical (unpaired) electrons. The molecule has 96 valence electrons. The number of nitrogen functional groups attached to an aromatic ring is 1. The smallest absolute Gasteiger partial charge is 0.167 e. The summed E-state index contributed by atoms with van der Waals surface area (Å²) in [6.07, 6.45) is 1.08. The Balaban J connectivity index is 2.91. The summed E-state index contributed by atoms with van der Waals surface area (Å²) in [5.74, 6) is 0.287. The SMILES string of the molecule is CCC(C)C(C)Nc1cc(OC)c(F)cc1N. The van der Waals surface area contributed by atoms with Crippen LogP contribution in [0.15, 0.2) is 12.1 Å². The third-order valence-corrected chi connectivity index (χ3v) is 3.20. The summed E-state index contributed by atoms with van der Waals surface area (Å²) in [7, 11) is 1.44. The van der Waals surface area contributed by atoms with E-state index in [-0.39, 0.29) is 11.8 Å². The number of anilines is 2. The molecule has 0 aliphatic heterocycles. The van der Waals surface area contributed by atoms with Crippen LogP contribution in [0.3, 0.4) is 0 Å². The highest BCUT2D eigenvalue weighted by Gasteiger charge is 2.13. The van der Waals surface area contributed by atoms with Crippen LogP contribution in [0, 0.1) is 11.7 Å². The largest absolute Gasteiger partial charge is 0.494 e. The zero-order valence-corrected chi connectivity index (χ0v) is 10.9. The molecule has 2 atom stereocenters. The number of hydrogen-bond acceptors (Lipinski definition) is 3. The van der Waals surface area contributed by atoms with Gasteiger partial charge in [0.05, 0.1) is 18.5 Å². The maximum atomic E-state index is 13.4. The minimum atomic E-state index is -0.438. The van der Waals surface area contributed by atoms with Gasteiger partial charge in [-0.1, -0.05) is 20.3 Å². The van der Waals surface area contributed by atoms with Gasteiger partial charge in [0.2, 0.25) is 0 Å². The van der Waals surface area contributed by atoms with Crippen molar-refractivity contribution in [3.63, 3.8) is 0 Å². The third kappa shape index (κ3) is 3.25. The summed E-state index contributed by atoms with van der Waals surface area (Å²) >= 11 is 0. The number of ether oxygens (including phenoxy) is 1. The van der Waals surface area contributed by atoms with E-state index in [1.165, 1.54) is 13.2 Å². The molecule has 0 fully saturated rings. The highest BCUT2D eigenvalue weighted by atomic mass is 19.1. The Hall–Kier alpha value is -1.45. The second-order valence-corrected chi connectivity index (χ2v) is 4.39. The maximum absolute atomic E-state index is 13.4. The van der Waals surface area contributed by atoms with Gasteiger partial charge in [-0.25, -0.2) is 4.39 Å². The first kappa shape index (κ1) is 13.6. The van der Waals surface area contributed by atoms with E-state index < -0.39 is 5.82 Å². The lowest BCUT2D eigenvalue weighted by Crippen LogP contribution is -2.23. The molecule has 4 heteroatoms. The van der Waals surface area contributed by atoms with Crippen LogP contribution in [-0.4, -0.2) is 13.2 Å². The molecule has 0 saturated carbocycles. The Morgan fingerprint density at radius 2 is 2.06 bits per heavy atom. The normalized spacial score (nSPS) is 14.2. The summed E-state index contributed by atoms with van der Waals surface area (Å²) in [5, 5.41) is 3.29. The van der Waals surface area contributed by atoms with Gasteiger partial charge >= 0.3 is 0 Å². The molecule has 17 heavy (non-hydrogen) atoms. The van der Waals surface area contributed by atoms with Crippen LogP contribution in [0.2, 0.25) is 0 Å². The molecule has 0 spiro atoms. The number of rotatable bonds is 5. The van der Waals surface area contributed by atoms with Gasteiger partial charge in [-0.3, -0.25) is 0 Å². The van der Waals surface area contributed by atoms with Gasteiger partial charge in [0, 0.05) is 18.2 Å². The summed E-state index contributed by atoms with van der Waals surface area (Å²) < 4.78 is 18.3. The zero-order valence-electron chi connectivity index (χ0n) is 10.9. The van der Waals surface area contributed by atoms with E-state index in [4.69, 9.17) is 10.5 Å². The lowest BCUT2D eigenvalue weighted by atomic mass is 10.0. The van der Waals surface area contributed by atoms with Gasteiger partial charge < -0.3 is 15.8 Å². The topological polar surface area (TPSA) is 47.3 Å². The standard InChI is InChI=1S/C13H21FN2O/c1-5-8(2)9(3)16-12-7-13(17-4)10(14)6-11(12)15/h6-9,16H,5,15H2,1-4H3. The number of hydrogen-bond donors (Lipinski definition) is 2. The predicted molar refractivity (Wildman–Crippen MR) is 69.9 cm³/mol. The fraction of sp³-hybridized carbons (Fsp3) is 0.538. The predicted octanol–water partition coefficient (Wildman–Crippen LogP) is 3.26. The van der Waals surface area contributed by atoms with Crippen LogP contribution in [0.1, 0.15) is 27.2 Å². The van der Waals surface area contributed by atoms with Gasteiger partial charge in [-0.2, -0.15) is 0 Å². The number of nitrogens with two attached hydrogens (primary N) is 1. The van der Waals surface area contributed by atoms with Crippen molar-refractivity contribution in [1.82, 2.24) is 0 Å². The molecule has 0 heterocycles. The zero-order chi connectivity index (χ0) is 13.0. The molecule has 0 saturated heterocycles. The van der Waals surface area contributed by atoms with Crippen molar-refractivity contribution in [3.8, 4) is 5.75 Å². The van der Waals surface area contributed by atoms with Crippen LogP contribution < -0.4 is 15.8 Å². The average molecular weight is 240 g/mol. The number of halogens is 1. The first-order valence-electron chi connectivity index (χ1n) is 5.89. The molecule has 3 N–H and O–H groups in total. The Kier molecular flexibility index (Phi) is 4.61. The van der Waals surface area contributed by atoms with Crippen LogP contribution in [0.5, 0.6) is 5.75 Å². The minimum Gasteiger partial charge on any atom is -0.494 e. The van der Waals surface area contributed by atoms with Crippen molar-refractivity contribution >= 4 is 11.4 Å². The van der Waals surface area contributed by atoms with Crippen molar-refractivity contribution in [2.75, 3.05) is 18.2 Å². The van der Waals surface area contributed by atoms with Crippen LogP contribution in [0.4, 0.5) is 15.8 Å². The van der Waals surface area contributed by atoms with E-state index >= 15 is 0 Å². The Labute approximate surface area is 102 Å². The molecule has 1 aromatic carbocycles. The second kappa shape index (κ2) is 5.75. The third-order valence-electron chi connectivity index (χ3n) is 3.20. The molecule has 0 bridgehead atoms. The number of methoxy groups -OCH3 is 1. The van der Waals surface area contributed by atoms with Gasteiger partial charge in [0.1, 0.15) is 0 Å². The molecule has 1 rings (SSSR count). The molecule has 3 nitrogen and oxygen atoms in total. The van der Waals surface area contributed by atoms with E-state index in [1.807, 2.05) is 0 Å². The summed E-state index contributed by atoms with van der Waals surface area (Å²) in [6.45, 7) is 6.38. The quantitative estimate of drug-likeness (QED) is 0.776. The first-order chi connectivity index (χ1) is 7.99. The van der Waals surface area contributed by atoms with Crippen LogP contribution in [0.25, 0.3) is 0 Å². The van der Waals surface area contributed by atoms with E-state index in [0.29, 0.717) is 11.6 Å². The van der Waals surface area contributed by atoms with Crippen molar-refractivity contribution in [3.05, 3.63) is 17.9 Å². The molecule has 0 amide bonds. The highest BCUT2D eigenvalue weighted by molar-refractivity contribution is 5.68. The van der Waals surface area contributed by atoms with Crippen LogP contribution >= 0.6 is 0 Å². The fourth-order valence-electron chi connectivity index (χ4n) is 1.59. The average Bonchev–Trinajstić information content (AvgIpc) is 2.31. The highest BCUT2D eigenvalue weighted by Crippen LogP contribution is 2.29. The Morgan fingerprint density at radius 3 is 2.59 bits per heavy atom. The molecular formula is C13H21FN2O. The molecule has 1 aromatic rings. The lowest BCUT2D eigenvalue weighted by molar-refractivity contribution is 0.387. The van der Waals surface area contributed by atoms with E-state index in [2.05, 4.69) is 26.1 Å². The first-order valence-corrected chi connectivity index (χ1v) is 5.89. The summed E-state index contributed by atoms with van der Waals surface area (Å²) in [4.78, 5) is 0. The van der Waals surface area contributed by atoms with E-state index in [9.17, 15) is 4.39 Å². The van der Waals surface area contributed by atoms with E-state index in [0.717, 1.165) is 12.1 Å². The Bertz CT molecular complexity index is 382. The second-order valence-electron chi connectivity index (χ2n) is 4.39. The van der Waals surface area contributed by atoms with Gasteiger partial charge in [0.25, 0.3) is 0 Å². The summed E-state index contributed by atoms with van der Waals surface area (Å²) in [5.41, 5.74) is 6.90. The molecule has 0 aromatic heterocycles. The maximum Gasteiger partial charge on any atom is 0.167 e. The number of nitrogens with one attached hydrogen (secondary N) is 1. The van der Waals surface area contributed by atoms with Crippen molar-refractivity contribution in [2.24, 2.45) is 5.92 Å². The van der Waals surface area contributed by atoms with Crippen molar-refractivity contribution < 1.29 is 9.13 Å². The molecule has 2 unspecified atom stereocenters. The van der Waals surface area contributed by atoms with Gasteiger partial charge in [0.15, 0.2) is 11.6 Å². The van der Waals surface area contributed by atoms with Crippen molar-refractivity contribution in [2.45, 2.75) is 33.2 Å². The number of benzene rings is 1. The monoisotopic (exact) mass is 240 g/mol. The fourth-order valence-corrected chi connectivity index (χ4v) is 1.59. The minimum absolute atomic E-state index is 0.207. The molecular weight excluding hydrogens is 219 g/mol. The van der Waals surface area contributed by atoms with Crippen molar-refractivity contribution in [1.29, 1.82) is 0 Å². The van der Waals surface area contributed by atoms with Gasteiger partial charge in [-0.05, 0) is 12.8 Å². The molecule has 0 aliphatic carbocycles. The molecule has 0 aliphatic rings. The van der Waals surface area contributed by atoms with Crippen LogP contribution in [-0.2, 0) is 0 Å². The van der Waals surface area contributed by atoms with E-state index in [1.54, 1.807) is 6.07 Å². The Morgan fingerprint density at radius 1 is 1.41 bits per heavy atom. The van der Waals surface area contributed by atoms with Gasteiger partial charge in [-0.15, -0.1) is 0 Å². The summed E-state index contributed by atoms with van der Waals surface area (Å²) in [6, 6.07) is 3.16.